The Morgan fingerprint density at radius 1 is 0.949 bits per heavy atom. The SMILES string of the molecule is COc1cc(C(C(=O)N2CCCCC2C(=O)NC2(C(N)=O)CCOCC2)C2CCCCC2)cc(OC)c1OC. The van der Waals surface area contributed by atoms with Crippen LogP contribution in [0, 0.1) is 5.92 Å². The molecule has 10 nitrogen and oxygen atoms in total. The molecule has 1 saturated carbocycles. The van der Waals surface area contributed by atoms with Crippen molar-refractivity contribution in [3.63, 3.8) is 0 Å². The van der Waals surface area contributed by atoms with Crippen LogP contribution in [0.1, 0.15) is 75.7 Å². The van der Waals surface area contributed by atoms with E-state index >= 15 is 0 Å². The van der Waals surface area contributed by atoms with E-state index < -0.39 is 23.4 Å². The molecule has 0 bridgehead atoms. The van der Waals surface area contributed by atoms with Crippen LogP contribution < -0.4 is 25.3 Å². The molecule has 2 saturated heterocycles. The number of nitrogens with two attached hydrogens (primary N) is 1. The van der Waals surface area contributed by atoms with E-state index in [-0.39, 0.29) is 17.7 Å². The first-order valence-corrected chi connectivity index (χ1v) is 14.1. The number of hydrogen-bond donors (Lipinski definition) is 2. The van der Waals surface area contributed by atoms with Crippen molar-refractivity contribution in [2.45, 2.75) is 81.7 Å². The Morgan fingerprint density at radius 2 is 1.56 bits per heavy atom. The summed E-state index contributed by atoms with van der Waals surface area (Å²) in [5, 5.41) is 2.95. The van der Waals surface area contributed by atoms with Gasteiger partial charge in [-0.25, -0.2) is 0 Å². The Labute approximate surface area is 230 Å². The van der Waals surface area contributed by atoms with Crippen molar-refractivity contribution >= 4 is 17.7 Å². The highest BCUT2D eigenvalue weighted by Gasteiger charge is 2.45. The molecule has 1 aromatic carbocycles. The zero-order valence-corrected chi connectivity index (χ0v) is 23.5. The van der Waals surface area contributed by atoms with Gasteiger partial charge in [0, 0.05) is 32.6 Å². The van der Waals surface area contributed by atoms with Gasteiger partial charge in [-0.15, -0.1) is 0 Å². The van der Waals surface area contributed by atoms with Gasteiger partial charge in [-0.05, 0) is 55.7 Å². The van der Waals surface area contributed by atoms with E-state index in [0.717, 1.165) is 50.5 Å². The Balaban J connectivity index is 1.68. The molecule has 0 radical (unpaired) electrons. The normalized spacial score (nSPS) is 22.4. The Hall–Kier alpha value is -3.01. The quantitative estimate of drug-likeness (QED) is 0.488. The van der Waals surface area contributed by atoms with Gasteiger partial charge in [-0.3, -0.25) is 14.4 Å². The maximum absolute atomic E-state index is 14.5. The summed E-state index contributed by atoms with van der Waals surface area (Å²) in [6.07, 6.45) is 7.97. The molecule has 4 rings (SSSR count). The largest absolute Gasteiger partial charge is 0.493 e. The summed E-state index contributed by atoms with van der Waals surface area (Å²) in [6.45, 7) is 1.18. The summed E-state index contributed by atoms with van der Waals surface area (Å²) < 4.78 is 22.2. The van der Waals surface area contributed by atoms with Crippen LogP contribution in [-0.2, 0) is 19.1 Å². The van der Waals surface area contributed by atoms with E-state index in [2.05, 4.69) is 5.32 Å². The highest BCUT2D eigenvalue weighted by molar-refractivity contribution is 5.95. The van der Waals surface area contributed by atoms with Gasteiger partial charge in [-0.1, -0.05) is 19.3 Å². The maximum atomic E-state index is 14.5. The van der Waals surface area contributed by atoms with Crippen molar-refractivity contribution in [3.8, 4) is 17.2 Å². The highest BCUT2D eigenvalue weighted by Crippen LogP contribution is 2.45. The van der Waals surface area contributed by atoms with Gasteiger partial charge in [0.1, 0.15) is 11.6 Å². The molecule has 0 aromatic heterocycles. The Bertz CT molecular complexity index is 1010. The van der Waals surface area contributed by atoms with E-state index in [1.165, 1.54) is 0 Å². The minimum Gasteiger partial charge on any atom is -0.493 e. The molecule has 2 atom stereocenters. The van der Waals surface area contributed by atoms with Gasteiger partial charge in [0.05, 0.1) is 27.2 Å². The summed E-state index contributed by atoms with van der Waals surface area (Å²) in [5.41, 5.74) is 5.39. The number of carbonyl (C=O) groups is 3. The number of rotatable bonds is 9. The second-order valence-electron chi connectivity index (χ2n) is 10.9. The van der Waals surface area contributed by atoms with Crippen LogP contribution in [0.25, 0.3) is 0 Å². The summed E-state index contributed by atoms with van der Waals surface area (Å²) in [6, 6.07) is 3.06. The smallest absolute Gasteiger partial charge is 0.243 e. The summed E-state index contributed by atoms with van der Waals surface area (Å²) in [5.74, 6) is 0.180. The van der Waals surface area contributed by atoms with Crippen molar-refractivity contribution in [1.29, 1.82) is 0 Å². The number of piperidine rings is 1. The van der Waals surface area contributed by atoms with Crippen LogP contribution in [0.2, 0.25) is 0 Å². The second-order valence-corrected chi connectivity index (χ2v) is 10.9. The number of amides is 3. The molecular weight excluding hydrogens is 502 g/mol. The van der Waals surface area contributed by atoms with Crippen LogP contribution in [0.3, 0.4) is 0 Å². The summed E-state index contributed by atoms with van der Waals surface area (Å²) >= 11 is 0. The van der Waals surface area contributed by atoms with Gasteiger partial charge in [0.25, 0.3) is 0 Å². The predicted octanol–water partition coefficient (Wildman–Crippen LogP) is 2.91. The topological polar surface area (TPSA) is 129 Å². The third-order valence-corrected chi connectivity index (χ3v) is 8.70. The molecule has 1 aromatic rings. The Kier molecular flexibility index (Phi) is 9.58. The van der Waals surface area contributed by atoms with Crippen LogP contribution in [0.5, 0.6) is 17.2 Å². The summed E-state index contributed by atoms with van der Waals surface area (Å²) in [4.78, 5) is 42.3. The lowest BCUT2D eigenvalue weighted by molar-refractivity contribution is -0.147. The predicted molar refractivity (Wildman–Crippen MR) is 145 cm³/mol. The molecule has 2 unspecified atom stereocenters. The highest BCUT2D eigenvalue weighted by atomic mass is 16.5. The van der Waals surface area contributed by atoms with Crippen LogP contribution >= 0.6 is 0 Å². The Morgan fingerprint density at radius 3 is 2.13 bits per heavy atom. The number of nitrogens with one attached hydrogen (secondary N) is 1. The first kappa shape index (κ1) is 29.0. The molecule has 10 heteroatoms. The van der Waals surface area contributed by atoms with Gasteiger partial charge in [0.2, 0.25) is 23.5 Å². The van der Waals surface area contributed by atoms with E-state index in [4.69, 9.17) is 24.7 Å². The van der Waals surface area contributed by atoms with Crippen molar-refractivity contribution in [1.82, 2.24) is 10.2 Å². The molecule has 216 valence electrons. The number of ether oxygens (including phenoxy) is 4. The van der Waals surface area contributed by atoms with Gasteiger partial charge < -0.3 is 34.9 Å². The molecule has 3 aliphatic rings. The van der Waals surface area contributed by atoms with Crippen molar-refractivity contribution < 1.29 is 33.3 Å². The van der Waals surface area contributed by atoms with E-state index in [0.29, 0.717) is 56.3 Å². The summed E-state index contributed by atoms with van der Waals surface area (Å²) in [7, 11) is 4.68. The fourth-order valence-electron chi connectivity index (χ4n) is 6.48. The molecule has 3 N–H and O–H groups in total. The number of methoxy groups -OCH3 is 3. The lowest BCUT2D eigenvalue weighted by Crippen LogP contribution is -2.64. The zero-order valence-electron chi connectivity index (χ0n) is 23.5. The number of hydrogen-bond acceptors (Lipinski definition) is 7. The third kappa shape index (κ3) is 6.10. The van der Waals surface area contributed by atoms with Crippen molar-refractivity contribution in [2.75, 3.05) is 41.1 Å². The van der Waals surface area contributed by atoms with Crippen LogP contribution in [0.4, 0.5) is 0 Å². The van der Waals surface area contributed by atoms with Gasteiger partial charge in [0.15, 0.2) is 11.5 Å². The first-order valence-electron chi connectivity index (χ1n) is 14.1. The number of carbonyl (C=O) groups excluding carboxylic acids is 3. The molecule has 2 aliphatic heterocycles. The number of likely N-dealkylation sites (tertiary alicyclic amines) is 1. The average molecular weight is 546 g/mol. The number of primary amides is 1. The fraction of sp³-hybridized carbons (Fsp3) is 0.690. The van der Waals surface area contributed by atoms with Crippen LogP contribution in [0.15, 0.2) is 12.1 Å². The van der Waals surface area contributed by atoms with E-state index in [9.17, 15) is 14.4 Å². The average Bonchev–Trinajstić information content (AvgIpc) is 2.97. The number of nitrogens with zero attached hydrogens (tertiary/aromatic N) is 1. The molecule has 0 spiro atoms. The molecule has 3 fully saturated rings. The lowest BCUT2D eigenvalue weighted by Gasteiger charge is -2.42. The van der Waals surface area contributed by atoms with Crippen LogP contribution in [-0.4, -0.2) is 75.3 Å². The standard InChI is InChI=1S/C29H43N3O7/c1-36-22-17-20(18-23(37-2)25(22)38-3)24(19-9-5-4-6-10-19)27(34)32-14-8-7-11-21(32)26(33)31-29(28(30)35)12-15-39-16-13-29/h17-19,21,24H,4-16H2,1-3H3,(H2,30,35)(H,31,33). The van der Waals surface area contributed by atoms with E-state index in [1.807, 2.05) is 12.1 Å². The monoisotopic (exact) mass is 545 g/mol. The molecule has 39 heavy (non-hydrogen) atoms. The van der Waals surface area contributed by atoms with Crippen molar-refractivity contribution in [2.24, 2.45) is 11.7 Å². The maximum Gasteiger partial charge on any atom is 0.243 e. The molecular formula is C29H43N3O7. The lowest BCUT2D eigenvalue weighted by atomic mass is 9.75. The second kappa shape index (κ2) is 12.9. The minimum atomic E-state index is -1.15. The minimum absolute atomic E-state index is 0.0730. The van der Waals surface area contributed by atoms with Gasteiger partial charge in [-0.2, -0.15) is 0 Å². The fourth-order valence-corrected chi connectivity index (χ4v) is 6.48. The molecule has 3 amide bonds. The molecule has 2 heterocycles. The molecule has 1 aliphatic carbocycles. The van der Waals surface area contributed by atoms with Gasteiger partial charge >= 0.3 is 0 Å². The zero-order chi connectivity index (χ0) is 28.0. The first-order chi connectivity index (χ1) is 18.8. The van der Waals surface area contributed by atoms with E-state index in [1.54, 1.807) is 26.2 Å². The number of benzene rings is 1. The third-order valence-electron chi connectivity index (χ3n) is 8.70. The van der Waals surface area contributed by atoms with Crippen molar-refractivity contribution in [3.05, 3.63) is 17.7 Å².